The summed E-state index contributed by atoms with van der Waals surface area (Å²) in [5.41, 5.74) is 0.816. The predicted octanol–water partition coefficient (Wildman–Crippen LogP) is -0.652. The van der Waals surface area contributed by atoms with E-state index in [2.05, 4.69) is 20.7 Å². The minimum Gasteiger partial charge on any atom is -0.383 e. The number of nitrogens with zero attached hydrogens (tertiary/aromatic N) is 3. The topological polar surface area (TPSA) is 100 Å². The number of rotatable bonds is 7. The number of amides is 2. The molecule has 1 aliphatic rings. The number of H-pyrrole nitrogens is 1. The Morgan fingerprint density at radius 3 is 3.19 bits per heavy atom. The first-order chi connectivity index (χ1) is 10.2. The molecular weight excluding hydrogens is 274 g/mol. The highest BCUT2D eigenvalue weighted by atomic mass is 16.5. The molecule has 0 bridgehead atoms. The number of ether oxygens (including phenoxy) is 1. The van der Waals surface area contributed by atoms with Crippen molar-refractivity contribution >= 4 is 11.8 Å². The first-order valence-corrected chi connectivity index (χ1v) is 7.09. The van der Waals surface area contributed by atoms with Gasteiger partial charge in [0.25, 0.3) is 0 Å². The molecular formula is C13H21N5O3. The van der Waals surface area contributed by atoms with Crippen molar-refractivity contribution < 1.29 is 14.3 Å². The quantitative estimate of drug-likeness (QED) is 0.696. The van der Waals surface area contributed by atoms with E-state index in [1.807, 2.05) is 0 Å². The molecule has 2 heterocycles. The Morgan fingerprint density at radius 2 is 2.48 bits per heavy atom. The zero-order valence-corrected chi connectivity index (χ0v) is 12.2. The zero-order chi connectivity index (χ0) is 15.1. The highest BCUT2D eigenvalue weighted by molar-refractivity contribution is 5.83. The maximum Gasteiger partial charge on any atom is 0.224 e. The maximum atomic E-state index is 12.1. The summed E-state index contributed by atoms with van der Waals surface area (Å²) in [6, 6.07) is 0. The van der Waals surface area contributed by atoms with Crippen molar-refractivity contribution in [2.75, 3.05) is 33.4 Å². The second kappa shape index (κ2) is 7.72. The number of aromatic amines is 1. The van der Waals surface area contributed by atoms with Gasteiger partial charge in [-0.3, -0.25) is 9.59 Å². The highest BCUT2D eigenvalue weighted by Crippen LogP contribution is 2.17. The molecule has 0 aromatic carbocycles. The largest absolute Gasteiger partial charge is 0.383 e. The Kier molecular flexibility index (Phi) is 5.68. The molecule has 0 radical (unpaired) electrons. The van der Waals surface area contributed by atoms with Crippen LogP contribution in [0.3, 0.4) is 0 Å². The van der Waals surface area contributed by atoms with Crippen LogP contribution < -0.4 is 5.32 Å². The molecule has 1 atom stereocenters. The fourth-order valence-electron chi connectivity index (χ4n) is 2.35. The van der Waals surface area contributed by atoms with Gasteiger partial charge < -0.3 is 15.0 Å². The molecule has 116 valence electrons. The number of aromatic nitrogens is 3. The molecule has 0 unspecified atom stereocenters. The molecule has 1 aromatic heterocycles. The van der Waals surface area contributed by atoms with E-state index in [0.29, 0.717) is 45.5 Å². The summed E-state index contributed by atoms with van der Waals surface area (Å²) < 4.78 is 4.98. The molecule has 1 fully saturated rings. The first kappa shape index (κ1) is 15.4. The van der Waals surface area contributed by atoms with E-state index >= 15 is 0 Å². The molecule has 0 saturated carbocycles. The predicted molar refractivity (Wildman–Crippen MR) is 74.3 cm³/mol. The first-order valence-electron chi connectivity index (χ1n) is 7.09. The van der Waals surface area contributed by atoms with Gasteiger partial charge in [0, 0.05) is 39.6 Å². The van der Waals surface area contributed by atoms with Gasteiger partial charge in [0.15, 0.2) is 0 Å². The van der Waals surface area contributed by atoms with Crippen molar-refractivity contribution in [3.8, 4) is 0 Å². The van der Waals surface area contributed by atoms with Gasteiger partial charge in [0.2, 0.25) is 11.8 Å². The molecule has 2 N–H and O–H groups in total. The fourth-order valence-corrected chi connectivity index (χ4v) is 2.35. The Labute approximate surface area is 123 Å². The fraction of sp³-hybridized carbons (Fsp3) is 0.692. The van der Waals surface area contributed by atoms with Gasteiger partial charge >= 0.3 is 0 Å². The molecule has 21 heavy (non-hydrogen) atoms. The Bertz CT molecular complexity index is 462. The van der Waals surface area contributed by atoms with Gasteiger partial charge in [0.1, 0.15) is 0 Å². The third-order valence-electron chi connectivity index (χ3n) is 3.58. The summed E-state index contributed by atoms with van der Waals surface area (Å²) in [4.78, 5) is 25.6. The SMILES string of the molecule is COCCN1C[C@@H](C(=O)NCCc2cn[nH]n2)CCC1=O. The second-order valence-corrected chi connectivity index (χ2v) is 5.07. The lowest BCUT2D eigenvalue weighted by atomic mass is 9.96. The number of nitrogens with one attached hydrogen (secondary N) is 2. The lowest BCUT2D eigenvalue weighted by Gasteiger charge is -2.31. The summed E-state index contributed by atoms with van der Waals surface area (Å²) in [7, 11) is 1.60. The van der Waals surface area contributed by atoms with Crippen LogP contribution in [-0.2, 0) is 20.7 Å². The molecule has 8 heteroatoms. The number of methoxy groups -OCH3 is 1. The van der Waals surface area contributed by atoms with Crippen molar-refractivity contribution in [1.29, 1.82) is 0 Å². The number of piperidine rings is 1. The van der Waals surface area contributed by atoms with Crippen LogP contribution in [0, 0.1) is 5.92 Å². The zero-order valence-electron chi connectivity index (χ0n) is 12.2. The standard InChI is InChI=1S/C13H21N5O3/c1-21-7-6-18-9-10(2-3-12(18)19)13(20)14-5-4-11-8-15-17-16-11/h8,10H,2-7,9H2,1H3,(H,14,20)(H,15,16,17)/t10-/m0/s1. The summed E-state index contributed by atoms with van der Waals surface area (Å²) >= 11 is 0. The summed E-state index contributed by atoms with van der Waals surface area (Å²) in [5, 5.41) is 13.1. The van der Waals surface area contributed by atoms with Crippen LogP contribution in [0.15, 0.2) is 6.20 Å². The van der Waals surface area contributed by atoms with Crippen LogP contribution in [0.5, 0.6) is 0 Å². The van der Waals surface area contributed by atoms with E-state index in [0.717, 1.165) is 5.69 Å². The Hall–Kier alpha value is -1.96. The summed E-state index contributed by atoms with van der Waals surface area (Å²) in [6.07, 6.45) is 3.31. The van der Waals surface area contributed by atoms with Crippen molar-refractivity contribution in [3.63, 3.8) is 0 Å². The van der Waals surface area contributed by atoms with E-state index in [4.69, 9.17) is 4.74 Å². The van der Waals surface area contributed by atoms with Gasteiger partial charge in [0.05, 0.1) is 24.4 Å². The number of hydrogen-bond donors (Lipinski definition) is 2. The third-order valence-corrected chi connectivity index (χ3v) is 3.58. The van der Waals surface area contributed by atoms with E-state index in [9.17, 15) is 9.59 Å². The third kappa shape index (κ3) is 4.52. The van der Waals surface area contributed by atoms with Gasteiger partial charge in [-0.1, -0.05) is 0 Å². The van der Waals surface area contributed by atoms with E-state index < -0.39 is 0 Å². The van der Waals surface area contributed by atoms with E-state index in [-0.39, 0.29) is 17.7 Å². The molecule has 8 nitrogen and oxygen atoms in total. The lowest BCUT2D eigenvalue weighted by Crippen LogP contribution is -2.47. The lowest BCUT2D eigenvalue weighted by molar-refractivity contribution is -0.138. The van der Waals surface area contributed by atoms with E-state index in [1.54, 1.807) is 18.2 Å². The number of hydrogen-bond acceptors (Lipinski definition) is 5. The van der Waals surface area contributed by atoms with Gasteiger partial charge in [-0.2, -0.15) is 15.4 Å². The average molecular weight is 295 g/mol. The van der Waals surface area contributed by atoms with Crippen LogP contribution in [0.2, 0.25) is 0 Å². The van der Waals surface area contributed by atoms with Crippen molar-refractivity contribution in [1.82, 2.24) is 25.6 Å². The van der Waals surface area contributed by atoms with Crippen LogP contribution in [0.4, 0.5) is 0 Å². The van der Waals surface area contributed by atoms with Crippen LogP contribution >= 0.6 is 0 Å². The molecule has 2 rings (SSSR count). The number of carbonyl (C=O) groups is 2. The van der Waals surface area contributed by atoms with Crippen molar-refractivity contribution in [2.24, 2.45) is 5.92 Å². The molecule has 1 aromatic rings. The minimum absolute atomic E-state index is 0.00610. The smallest absolute Gasteiger partial charge is 0.224 e. The van der Waals surface area contributed by atoms with Crippen molar-refractivity contribution in [3.05, 3.63) is 11.9 Å². The average Bonchev–Trinajstić information content (AvgIpc) is 2.99. The van der Waals surface area contributed by atoms with Gasteiger partial charge in [-0.15, -0.1) is 0 Å². The molecule has 1 aliphatic heterocycles. The number of likely N-dealkylation sites (tertiary alicyclic amines) is 1. The Balaban J connectivity index is 1.75. The molecule has 0 aliphatic carbocycles. The summed E-state index contributed by atoms with van der Waals surface area (Å²) in [6.45, 7) is 2.02. The Morgan fingerprint density at radius 1 is 1.62 bits per heavy atom. The van der Waals surface area contributed by atoms with Crippen molar-refractivity contribution in [2.45, 2.75) is 19.3 Å². The number of carbonyl (C=O) groups excluding carboxylic acids is 2. The molecule has 1 saturated heterocycles. The minimum atomic E-state index is -0.142. The van der Waals surface area contributed by atoms with Crippen LogP contribution in [-0.4, -0.2) is 65.5 Å². The highest BCUT2D eigenvalue weighted by Gasteiger charge is 2.29. The van der Waals surface area contributed by atoms with Crippen LogP contribution in [0.25, 0.3) is 0 Å². The van der Waals surface area contributed by atoms with Gasteiger partial charge in [-0.25, -0.2) is 0 Å². The second-order valence-electron chi connectivity index (χ2n) is 5.07. The molecule has 2 amide bonds. The molecule has 0 spiro atoms. The van der Waals surface area contributed by atoms with E-state index in [1.165, 1.54) is 0 Å². The normalized spacial score (nSPS) is 18.8. The monoisotopic (exact) mass is 295 g/mol. The van der Waals surface area contributed by atoms with Crippen LogP contribution in [0.1, 0.15) is 18.5 Å². The summed E-state index contributed by atoms with van der Waals surface area (Å²) in [5.74, 6) is -0.0519. The van der Waals surface area contributed by atoms with Gasteiger partial charge in [-0.05, 0) is 6.42 Å². The maximum absolute atomic E-state index is 12.1.